The SMILES string of the molecule is CCOC(=O)CONC(=O)CC#Cc1cn(C2CC(O)C(CO)O2)c2ncnc(N)c12. The van der Waals surface area contributed by atoms with E-state index in [4.69, 9.17) is 15.3 Å². The summed E-state index contributed by atoms with van der Waals surface area (Å²) >= 11 is 0. The van der Waals surface area contributed by atoms with Gasteiger partial charge in [0, 0.05) is 12.6 Å². The summed E-state index contributed by atoms with van der Waals surface area (Å²) in [7, 11) is 0. The molecular formula is C19H23N5O7. The third-order valence-electron chi connectivity index (χ3n) is 4.49. The molecule has 1 aliphatic rings. The molecule has 1 saturated heterocycles. The van der Waals surface area contributed by atoms with E-state index in [0.717, 1.165) is 0 Å². The van der Waals surface area contributed by atoms with Gasteiger partial charge in [-0.25, -0.2) is 20.2 Å². The fraction of sp³-hybridized carbons (Fsp3) is 0.474. The molecule has 12 nitrogen and oxygen atoms in total. The summed E-state index contributed by atoms with van der Waals surface area (Å²) in [4.78, 5) is 35.9. The van der Waals surface area contributed by atoms with Crippen molar-refractivity contribution in [2.75, 3.05) is 25.6 Å². The van der Waals surface area contributed by atoms with Gasteiger partial charge in [0.2, 0.25) is 0 Å². The zero-order valence-electron chi connectivity index (χ0n) is 16.8. The Bertz CT molecular complexity index is 1010. The number of anilines is 1. The van der Waals surface area contributed by atoms with Crippen molar-refractivity contribution in [1.29, 1.82) is 0 Å². The number of amides is 1. The lowest BCUT2D eigenvalue weighted by molar-refractivity contribution is -0.154. The highest BCUT2D eigenvalue weighted by molar-refractivity contribution is 5.92. The first kappa shape index (κ1) is 22.4. The summed E-state index contributed by atoms with van der Waals surface area (Å²) in [5, 5.41) is 19.8. The van der Waals surface area contributed by atoms with E-state index in [2.05, 4.69) is 32.0 Å². The zero-order valence-corrected chi connectivity index (χ0v) is 16.8. The van der Waals surface area contributed by atoms with Crippen molar-refractivity contribution in [2.45, 2.75) is 38.2 Å². The van der Waals surface area contributed by atoms with Crippen LogP contribution in [0, 0.1) is 11.8 Å². The van der Waals surface area contributed by atoms with Gasteiger partial charge >= 0.3 is 5.97 Å². The molecule has 2 aromatic rings. The minimum absolute atomic E-state index is 0.200. The number of hydrogen-bond donors (Lipinski definition) is 4. The van der Waals surface area contributed by atoms with Crippen LogP contribution in [-0.4, -0.2) is 68.7 Å². The number of aromatic nitrogens is 3. The molecule has 1 amide bonds. The lowest BCUT2D eigenvalue weighted by Gasteiger charge is -2.14. The second-order valence-corrected chi connectivity index (χ2v) is 6.62. The first-order chi connectivity index (χ1) is 14.9. The number of fused-ring (bicyclic) bond motifs is 1. The largest absolute Gasteiger partial charge is 0.464 e. The number of aliphatic hydroxyl groups is 2. The monoisotopic (exact) mass is 433 g/mol. The van der Waals surface area contributed by atoms with E-state index in [0.29, 0.717) is 16.6 Å². The quantitative estimate of drug-likeness (QED) is 0.241. The molecule has 3 heterocycles. The van der Waals surface area contributed by atoms with E-state index in [1.165, 1.54) is 6.33 Å². The molecule has 0 aromatic carbocycles. The molecule has 12 heteroatoms. The van der Waals surface area contributed by atoms with Crippen LogP contribution in [-0.2, 0) is 23.9 Å². The van der Waals surface area contributed by atoms with Gasteiger partial charge in [-0.1, -0.05) is 11.8 Å². The summed E-state index contributed by atoms with van der Waals surface area (Å²) in [6, 6.07) is 0. The maximum atomic E-state index is 11.8. The van der Waals surface area contributed by atoms with Gasteiger partial charge in [0.1, 0.15) is 30.1 Å². The van der Waals surface area contributed by atoms with Crippen LogP contribution in [0.4, 0.5) is 5.82 Å². The molecule has 166 valence electrons. The number of nitrogen functional groups attached to an aromatic ring is 1. The van der Waals surface area contributed by atoms with Crippen LogP contribution < -0.4 is 11.2 Å². The number of nitrogens with two attached hydrogens (primary N) is 1. The lowest BCUT2D eigenvalue weighted by atomic mass is 10.2. The Kier molecular flexibility index (Phi) is 7.37. The Morgan fingerprint density at radius 3 is 2.97 bits per heavy atom. The molecule has 1 aliphatic heterocycles. The van der Waals surface area contributed by atoms with E-state index in [1.54, 1.807) is 17.7 Å². The number of carbonyl (C=O) groups excluding carboxylic acids is 2. The highest BCUT2D eigenvalue weighted by Crippen LogP contribution is 2.33. The molecule has 0 aliphatic carbocycles. The molecule has 5 N–H and O–H groups in total. The van der Waals surface area contributed by atoms with Crippen molar-refractivity contribution in [1.82, 2.24) is 20.0 Å². The van der Waals surface area contributed by atoms with Crippen molar-refractivity contribution in [3.8, 4) is 11.8 Å². The van der Waals surface area contributed by atoms with Crippen LogP contribution >= 0.6 is 0 Å². The summed E-state index contributed by atoms with van der Waals surface area (Å²) in [6.07, 6.45) is 0.914. The zero-order chi connectivity index (χ0) is 22.4. The highest BCUT2D eigenvalue weighted by atomic mass is 16.7. The van der Waals surface area contributed by atoms with Gasteiger partial charge in [0.05, 0.1) is 36.7 Å². The lowest BCUT2D eigenvalue weighted by Crippen LogP contribution is -2.26. The van der Waals surface area contributed by atoms with Gasteiger partial charge in [-0.2, -0.15) is 0 Å². The predicted octanol–water partition coefficient (Wildman–Crippen LogP) is -0.993. The van der Waals surface area contributed by atoms with E-state index in [-0.39, 0.29) is 31.9 Å². The predicted molar refractivity (Wildman–Crippen MR) is 106 cm³/mol. The van der Waals surface area contributed by atoms with Crippen molar-refractivity contribution in [2.24, 2.45) is 0 Å². The van der Waals surface area contributed by atoms with E-state index in [9.17, 15) is 19.8 Å². The standard InChI is InChI=1S/C19H23N5O7/c1-2-29-16(28)9-30-23-14(27)5-3-4-11-7-24(15-6-12(26)13(8-25)31-15)19-17(11)18(20)21-10-22-19/h7,10,12-13,15,25-26H,2,5-6,8-9H2,1H3,(H,23,27)(H2,20,21,22). The summed E-state index contributed by atoms with van der Waals surface area (Å²) in [6.45, 7) is 1.16. The van der Waals surface area contributed by atoms with Gasteiger partial charge in [-0.15, -0.1) is 0 Å². The van der Waals surface area contributed by atoms with Crippen LogP contribution in [0.1, 0.15) is 31.6 Å². The molecule has 2 aromatic heterocycles. The number of rotatable bonds is 7. The Balaban J connectivity index is 1.72. The third kappa shape index (κ3) is 5.28. The Morgan fingerprint density at radius 1 is 1.45 bits per heavy atom. The topological polar surface area (TPSA) is 171 Å². The Labute approximate surface area is 177 Å². The number of nitrogens with zero attached hydrogens (tertiary/aromatic N) is 3. The summed E-state index contributed by atoms with van der Waals surface area (Å²) < 4.78 is 12.0. The van der Waals surface area contributed by atoms with Crippen molar-refractivity contribution in [3.63, 3.8) is 0 Å². The third-order valence-corrected chi connectivity index (χ3v) is 4.49. The van der Waals surface area contributed by atoms with Gasteiger partial charge in [-0.3, -0.25) is 9.63 Å². The number of nitrogens with one attached hydrogen (secondary N) is 1. The van der Waals surface area contributed by atoms with Gasteiger partial charge in [0.25, 0.3) is 5.91 Å². The van der Waals surface area contributed by atoms with Crippen molar-refractivity contribution < 1.29 is 34.1 Å². The average molecular weight is 433 g/mol. The number of esters is 1. The Morgan fingerprint density at radius 2 is 2.26 bits per heavy atom. The normalized spacial score (nSPS) is 20.3. The number of ether oxygens (including phenoxy) is 2. The first-order valence-corrected chi connectivity index (χ1v) is 9.55. The van der Waals surface area contributed by atoms with Crippen LogP contribution in [0.25, 0.3) is 11.0 Å². The van der Waals surface area contributed by atoms with Gasteiger partial charge in [0.15, 0.2) is 6.61 Å². The minimum Gasteiger partial charge on any atom is -0.464 e. The minimum atomic E-state index is -0.820. The molecule has 0 bridgehead atoms. The van der Waals surface area contributed by atoms with Crippen molar-refractivity contribution in [3.05, 3.63) is 18.1 Å². The maximum absolute atomic E-state index is 11.8. The van der Waals surface area contributed by atoms with Gasteiger partial charge < -0.3 is 30.0 Å². The fourth-order valence-electron chi connectivity index (χ4n) is 3.11. The number of aliphatic hydroxyl groups excluding tert-OH is 2. The van der Waals surface area contributed by atoms with Crippen LogP contribution in [0.15, 0.2) is 12.5 Å². The first-order valence-electron chi connectivity index (χ1n) is 9.55. The van der Waals surface area contributed by atoms with Crippen LogP contribution in [0.3, 0.4) is 0 Å². The smallest absolute Gasteiger partial charge is 0.334 e. The Hall–Kier alpha value is -3.24. The van der Waals surface area contributed by atoms with Crippen LogP contribution in [0.2, 0.25) is 0 Å². The molecular weight excluding hydrogens is 410 g/mol. The number of carbonyl (C=O) groups is 2. The summed E-state index contributed by atoms with van der Waals surface area (Å²) in [5.74, 6) is 4.62. The highest BCUT2D eigenvalue weighted by Gasteiger charge is 2.35. The molecule has 3 atom stereocenters. The maximum Gasteiger partial charge on any atom is 0.334 e. The molecule has 31 heavy (non-hydrogen) atoms. The molecule has 0 radical (unpaired) electrons. The summed E-state index contributed by atoms with van der Waals surface area (Å²) in [5.41, 5.74) is 9.02. The van der Waals surface area contributed by atoms with E-state index >= 15 is 0 Å². The number of hydrogen-bond acceptors (Lipinski definition) is 10. The fourth-order valence-corrected chi connectivity index (χ4v) is 3.11. The second-order valence-electron chi connectivity index (χ2n) is 6.62. The molecule has 0 spiro atoms. The second kappa shape index (κ2) is 10.2. The van der Waals surface area contributed by atoms with Crippen LogP contribution in [0.5, 0.6) is 0 Å². The van der Waals surface area contributed by atoms with E-state index < -0.39 is 36.9 Å². The molecule has 1 fully saturated rings. The number of hydroxylamine groups is 1. The average Bonchev–Trinajstić information content (AvgIpc) is 3.29. The molecule has 3 unspecified atom stereocenters. The molecule has 0 saturated carbocycles. The van der Waals surface area contributed by atoms with Crippen molar-refractivity contribution >= 4 is 28.7 Å². The molecule has 3 rings (SSSR count). The van der Waals surface area contributed by atoms with E-state index in [1.807, 2.05) is 0 Å². The van der Waals surface area contributed by atoms with Gasteiger partial charge in [-0.05, 0) is 6.92 Å².